The van der Waals surface area contributed by atoms with Gasteiger partial charge in [-0.1, -0.05) is 54.8 Å². The molecular formula is C28H33N3O4. The zero-order valence-electron chi connectivity index (χ0n) is 20.5. The number of amides is 4. The zero-order valence-corrected chi connectivity index (χ0v) is 20.5. The summed E-state index contributed by atoms with van der Waals surface area (Å²) in [5.41, 5.74) is 2.88. The second-order valence-electron chi connectivity index (χ2n) is 9.58. The fourth-order valence-electron chi connectivity index (χ4n) is 4.84. The van der Waals surface area contributed by atoms with Crippen LogP contribution in [0.4, 0.5) is 0 Å². The molecule has 35 heavy (non-hydrogen) atoms. The lowest BCUT2D eigenvalue weighted by atomic mass is 10.1. The minimum absolute atomic E-state index is 0.139. The summed E-state index contributed by atoms with van der Waals surface area (Å²) < 4.78 is 0. The molecule has 0 saturated heterocycles. The third-order valence-electron chi connectivity index (χ3n) is 6.99. The van der Waals surface area contributed by atoms with Crippen molar-refractivity contribution in [2.45, 2.75) is 71.0 Å². The van der Waals surface area contributed by atoms with Crippen molar-refractivity contribution in [3.63, 3.8) is 0 Å². The molecule has 184 valence electrons. The van der Waals surface area contributed by atoms with Gasteiger partial charge in [0.1, 0.15) is 6.04 Å². The van der Waals surface area contributed by atoms with E-state index < -0.39 is 6.04 Å². The van der Waals surface area contributed by atoms with Crippen LogP contribution in [0, 0.1) is 6.92 Å². The molecular weight excluding hydrogens is 442 g/mol. The summed E-state index contributed by atoms with van der Waals surface area (Å²) in [6, 6.07) is 14.2. The number of carbonyl (C=O) groups excluding carboxylic acids is 4. The van der Waals surface area contributed by atoms with Crippen molar-refractivity contribution in [3.8, 4) is 0 Å². The zero-order chi connectivity index (χ0) is 24.9. The van der Waals surface area contributed by atoms with E-state index in [1.807, 2.05) is 31.2 Å². The van der Waals surface area contributed by atoms with Crippen molar-refractivity contribution in [3.05, 3.63) is 70.8 Å². The van der Waals surface area contributed by atoms with Crippen LogP contribution in [-0.2, 0) is 16.1 Å². The van der Waals surface area contributed by atoms with E-state index in [1.165, 1.54) is 4.90 Å². The van der Waals surface area contributed by atoms with E-state index in [-0.39, 0.29) is 42.6 Å². The van der Waals surface area contributed by atoms with Crippen LogP contribution in [-0.4, -0.2) is 52.1 Å². The van der Waals surface area contributed by atoms with Gasteiger partial charge in [-0.05, 0) is 50.8 Å². The van der Waals surface area contributed by atoms with Crippen molar-refractivity contribution in [1.82, 2.24) is 15.1 Å². The third kappa shape index (κ3) is 5.61. The fourth-order valence-corrected chi connectivity index (χ4v) is 4.84. The van der Waals surface area contributed by atoms with Gasteiger partial charge >= 0.3 is 0 Å². The number of hydrogen-bond acceptors (Lipinski definition) is 4. The first kappa shape index (κ1) is 24.6. The first-order chi connectivity index (χ1) is 16.8. The quantitative estimate of drug-likeness (QED) is 0.558. The van der Waals surface area contributed by atoms with Gasteiger partial charge in [0.2, 0.25) is 11.8 Å². The summed E-state index contributed by atoms with van der Waals surface area (Å²) >= 11 is 0. The Labute approximate surface area is 206 Å². The molecule has 1 heterocycles. The number of rotatable bonds is 9. The Balaban J connectivity index is 1.40. The van der Waals surface area contributed by atoms with Crippen LogP contribution in [0.15, 0.2) is 48.5 Å². The lowest BCUT2D eigenvalue weighted by Gasteiger charge is -2.30. The summed E-state index contributed by atoms with van der Waals surface area (Å²) in [4.78, 5) is 54.3. The van der Waals surface area contributed by atoms with Crippen molar-refractivity contribution < 1.29 is 19.2 Å². The smallest absolute Gasteiger partial charge is 0.261 e. The van der Waals surface area contributed by atoms with E-state index in [2.05, 4.69) is 5.32 Å². The summed E-state index contributed by atoms with van der Waals surface area (Å²) in [5.74, 6) is -0.952. The number of imide groups is 1. The Bertz CT molecular complexity index is 1070. The molecule has 1 N–H and O–H groups in total. The van der Waals surface area contributed by atoms with E-state index in [0.29, 0.717) is 24.1 Å². The lowest BCUT2D eigenvalue weighted by Crippen LogP contribution is -2.49. The van der Waals surface area contributed by atoms with Gasteiger partial charge in [-0.15, -0.1) is 0 Å². The molecule has 1 aliphatic carbocycles. The largest absolute Gasteiger partial charge is 0.352 e. The number of benzene rings is 2. The number of hydrogen-bond donors (Lipinski definition) is 1. The van der Waals surface area contributed by atoms with Crippen LogP contribution in [0.3, 0.4) is 0 Å². The molecule has 1 atom stereocenters. The Morgan fingerprint density at radius 2 is 1.60 bits per heavy atom. The number of fused-ring (bicyclic) bond motifs is 1. The second-order valence-corrected chi connectivity index (χ2v) is 9.58. The van der Waals surface area contributed by atoms with Crippen LogP contribution < -0.4 is 5.32 Å². The first-order valence-electron chi connectivity index (χ1n) is 12.5. The van der Waals surface area contributed by atoms with Gasteiger partial charge < -0.3 is 10.2 Å². The van der Waals surface area contributed by atoms with Crippen molar-refractivity contribution in [2.24, 2.45) is 0 Å². The molecule has 0 bridgehead atoms. The molecule has 1 aliphatic heterocycles. The molecule has 0 radical (unpaired) electrons. The average Bonchev–Trinajstić information content (AvgIpc) is 3.45. The molecule has 2 aliphatic rings. The number of nitrogens with one attached hydrogen (secondary N) is 1. The van der Waals surface area contributed by atoms with Crippen LogP contribution in [0.1, 0.15) is 77.3 Å². The minimum Gasteiger partial charge on any atom is -0.352 e. The molecule has 0 spiro atoms. The maximum atomic E-state index is 13.3. The monoisotopic (exact) mass is 475 g/mol. The molecule has 7 heteroatoms. The average molecular weight is 476 g/mol. The maximum Gasteiger partial charge on any atom is 0.261 e. The number of carbonyl (C=O) groups is 4. The second kappa shape index (κ2) is 10.8. The highest BCUT2D eigenvalue weighted by Crippen LogP contribution is 2.23. The van der Waals surface area contributed by atoms with Gasteiger partial charge in [-0.3, -0.25) is 24.1 Å². The number of aryl methyl sites for hydroxylation is 1. The highest BCUT2D eigenvalue weighted by molar-refractivity contribution is 6.21. The van der Waals surface area contributed by atoms with Gasteiger partial charge in [-0.25, -0.2) is 0 Å². The molecule has 1 saturated carbocycles. The molecule has 2 aromatic carbocycles. The van der Waals surface area contributed by atoms with Crippen molar-refractivity contribution in [1.29, 1.82) is 0 Å². The van der Waals surface area contributed by atoms with Gasteiger partial charge in [-0.2, -0.15) is 0 Å². The third-order valence-corrected chi connectivity index (χ3v) is 6.99. The minimum atomic E-state index is -0.622. The number of nitrogens with zero attached hydrogens (tertiary/aromatic N) is 2. The van der Waals surface area contributed by atoms with E-state index in [4.69, 9.17) is 0 Å². The Morgan fingerprint density at radius 1 is 1.00 bits per heavy atom. The summed E-state index contributed by atoms with van der Waals surface area (Å²) in [6.07, 6.45) is 4.66. The van der Waals surface area contributed by atoms with E-state index in [1.54, 1.807) is 36.1 Å². The Kier molecular flexibility index (Phi) is 7.63. The fraction of sp³-hybridized carbons (Fsp3) is 0.429. The molecule has 4 amide bonds. The van der Waals surface area contributed by atoms with Crippen molar-refractivity contribution >= 4 is 23.6 Å². The molecule has 0 unspecified atom stereocenters. The Hall–Kier alpha value is -3.48. The van der Waals surface area contributed by atoms with E-state index in [9.17, 15) is 19.2 Å². The predicted molar refractivity (Wildman–Crippen MR) is 133 cm³/mol. The normalized spacial score (nSPS) is 16.3. The van der Waals surface area contributed by atoms with Gasteiger partial charge in [0.25, 0.3) is 11.8 Å². The van der Waals surface area contributed by atoms with E-state index in [0.717, 1.165) is 36.8 Å². The predicted octanol–water partition coefficient (Wildman–Crippen LogP) is 3.85. The van der Waals surface area contributed by atoms with Crippen LogP contribution in [0.5, 0.6) is 0 Å². The summed E-state index contributed by atoms with van der Waals surface area (Å²) in [6.45, 7) is 4.26. The van der Waals surface area contributed by atoms with Gasteiger partial charge in [0.05, 0.1) is 11.1 Å². The van der Waals surface area contributed by atoms with Crippen molar-refractivity contribution in [2.75, 3.05) is 6.54 Å². The summed E-state index contributed by atoms with van der Waals surface area (Å²) in [5, 5.41) is 3.10. The summed E-state index contributed by atoms with van der Waals surface area (Å²) in [7, 11) is 0. The molecule has 0 aromatic heterocycles. The SMILES string of the molecule is Cc1ccc(CN(C(=O)CCCN2C(=O)c3ccccc3C2=O)[C@H](C)C(=O)NC2CCCC2)cc1. The molecule has 1 fully saturated rings. The highest BCUT2D eigenvalue weighted by Gasteiger charge is 2.35. The van der Waals surface area contributed by atoms with Gasteiger partial charge in [0.15, 0.2) is 0 Å². The van der Waals surface area contributed by atoms with E-state index >= 15 is 0 Å². The first-order valence-corrected chi connectivity index (χ1v) is 12.5. The molecule has 2 aromatic rings. The van der Waals surface area contributed by atoms with Crippen LogP contribution >= 0.6 is 0 Å². The van der Waals surface area contributed by atoms with Crippen LogP contribution in [0.25, 0.3) is 0 Å². The molecule has 4 rings (SSSR count). The Morgan fingerprint density at radius 3 is 2.20 bits per heavy atom. The topological polar surface area (TPSA) is 86.8 Å². The molecule has 7 nitrogen and oxygen atoms in total. The maximum absolute atomic E-state index is 13.3. The highest BCUT2D eigenvalue weighted by atomic mass is 16.2. The lowest BCUT2D eigenvalue weighted by molar-refractivity contribution is -0.141. The standard InChI is InChI=1S/C28H33N3O4/c1-19-13-15-21(16-14-19)18-31(20(2)26(33)29-22-8-3-4-9-22)25(32)12-7-17-30-27(34)23-10-5-6-11-24(23)28(30)35/h5-6,10-11,13-16,20,22H,3-4,7-9,12,17-18H2,1-2H3,(H,29,33)/t20-/m1/s1. The van der Waals surface area contributed by atoms with Crippen LogP contribution in [0.2, 0.25) is 0 Å². The van der Waals surface area contributed by atoms with Gasteiger partial charge in [0, 0.05) is 25.6 Å².